The molecule has 0 saturated carbocycles. The molecule has 0 aliphatic heterocycles. The predicted molar refractivity (Wildman–Crippen MR) is 73.2 cm³/mol. The molecule has 19 heavy (non-hydrogen) atoms. The second-order valence-corrected chi connectivity index (χ2v) is 4.49. The fourth-order valence-electron chi connectivity index (χ4n) is 1.47. The average Bonchev–Trinajstić information content (AvgIpc) is 2.33. The first-order valence-corrected chi connectivity index (χ1v) is 5.92. The number of hydrogen-bond acceptors (Lipinski definition) is 5. The van der Waals surface area contributed by atoms with Crippen molar-refractivity contribution in [3.8, 4) is 0 Å². The van der Waals surface area contributed by atoms with Gasteiger partial charge in [0.2, 0.25) is 11.0 Å². The average molecular weight is 299 g/mol. The van der Waals surface area contributed by atoms with Crippen molar-refractivity contribution in [1.29, 1.82) is 0 Å². The third-order valence-corrected chi connectivity index (χ3v) is 2.94. The summed E-state index contributed by atoms with van der Waals surface area (Å²) in [6.07, 6.45) is 1.14. The van der Waals surface area contributed by atoms with Crippen molar-refractivity contribution >= 4 is 40.4 Å². The largest absolute Gasteiger partial charge is 0.348 e. The number of halogens is 2. The van der Waals surface area contributed by atoms with E-state index in [0.29, 0.717) is 10.7 Å². The Morgan fingerprint density at radius 2 is 2.05 bits per heavy atom. The molecule has 0 amide bonds. The Morgan fingerprint density at radius 1 is 1.32 bits per heavy atom. The van der Waals surface area contributed by atoms with Gasteiger partial charge < -0.3 is 5.32 Å². The van der Waals surface area contributed by atoms with Crippen molar-refractivity contribution < 1.29 is 4.92 Å². The molecule has 0 bridgehead atoms. The van der Waals surface area contributed by atoms with Crippen LogP contribution >= 0.6 is 23.2 Å². The van der Waals surface area contributed by atoms with E-state index in [4.69, 9.17) is 23.2 Å². The van der Waals surface area contributed by atoms with Gasteiger partial charge in [-0.15, -0.1) is 0 Å². The Labute approximate surface area is 118 Å². The Balaban J connectivity index is 2.46. The summed E-state index contributed by atoms with van der Waals surface area (Å²) < 4.78 is 0. The number of nitrogens with zero attached hydrogens (tertiary/aromatic N) is 3. The molecule has 0 saturated heterocycles. The highest BCUT2D eigenvalue weighted by Gasteiger charge is 2.22. The first kappa shape index (κ1) is 13.5. The first-order valence-electron chi connectivity index (χ1n) is 5.17. The first-order chi connectivity index (χ1) is 8.99. The van der Waals surface area contributed by atoms with Gasteiger partial charge in [-0.05, 0) is 24.6 Å². The summed E-state index contributed by atoms with van der Waals surface area (Å²) in [5.74, 6) is -0.00231. The maximum Gasteiger partial charge on any atom is 0.348 e. The Kier molecular flexibility index (Phi) is 3.82. The Hall–Kier alpha value is -1.92. The van der Waals surface area contributed by atoms with E-state index < -0.39 is 4.92 Å². The minimum absolute atomic E-state index is 0.00231. The smallest absolute Gasteiger partial charge is 0.333 e. The number of aromatic nitrogens is 2. The van der Waals surface area contributed by atoms with Gasteiger partial charge in [-0.2, -0.15) is 0 Å². The quantitative estimate of drug-likeness (QED) is 0.530. The zero-order chi connectivity index (χ0) is 14.0. The summed E-state index contributed by atoms with van der Waals surface area (Å²) >= 11 is 11.7. The van der Waals surface area contributed by atoms with E-state index >= 15 is 0 Å². The number of anilines is 2. The van der Waals surface area contributed by atoms with Gasteiger partial charge in [0.05, 0.1) is 15.6 Å². The van der Waals surface area contributed by atoms with Crippen LogP contribution in [-0.4, -0.2) is 14.9 Å². The molecule has 0 fully saturated rings. The van der Waals surface area contributed by atoms with Crippen molar-refractivity contribution in [3.63, 3.8) is 0 Å². The van der Waals surface area contributed by atoms with E-state index in [-0.39, 0.29) is 16.7 Å². The van der Waals surface area contributed by atoms with E-state index in [9.17, 15) is 10.1 Å². The number of aryl methyl sites for hydroxylation is 1. The van der Waals surface area contributed by atoms with E-state index in [0.717, 1.165) is 11.9 Å². The van der Waals surface area contributed by atoms with Crippen LogP contribution in [0.4, 0.5) is 17.2 Å². The highest BCUT2D eigenvalue weighted by Crippen LogP contribution is 2.33. The lowest BCUT2D eigenvalue weighted by molar-refractivity contribution is -0.384. The third-order valence-electron chi connectivity index (χ3n) is 2.34. The SMILES string of the molecule is Cc1ccc(Cl)c(Nc2ncnc(Cl)c2[N+](=O)[O-])c1. The zero-order valence-electron chi connectivity index (χ0n) is 9.72. The monoisotopic (exact) mass is 298 g/mol. The fraction of sp³-hybridized carbons (Fsp3) is 0.0909. The van der Waals surface area contributed by atoms with Crippen LogP contribution in [0.1, 0.15) is 5.56 Å². The Morgan fingerprint density at radius 3 is 2.74 bits per heavy atom. The van der Waals surface area contributed by atoms with E-state index in [1.54, 1.807) is 12.1 Å². The summed E-state index contributed by atoms with van der Waals surface area (Å²) in [5.41, 5.74) is 1.08. The molecule has 0 aliphatic rings. The topological polar surface area (TPSA) is 81.0 Å². The van der Waals surface area contributed by atoms with Crippen molar-refractivity contribution in [2.45, 2.75) is 6.92 Å². The standard InChI is InChI=1S/C11H8Cl2N4O2/c1-6-2-3-7(12)8(4-6)16-11-9(17(18)19)10(13)14-5-15-11/h2-5H,1H3,(H,14,15,16). The zero-order valence-corrected chi connectivity index (χ0v) is 11.2. The fourth-order valence-corrected chi connectivity index (χ4v) is 1.84. The lowest BCUT2D eigenvalue weighted by atomic mass is 10.2. The van der Waals surface area contributed by atoms with Crippen molar-refractivity contribution in [2.75, 3.05) is 5.32 Å². The molecule has 2 aromatic rings. The van der Waals surface area contributed by atoms with Gasteiger partial charge in [-0.25, -0.2) is 9.97 Å². The minimum Gasteiger partial charge on any atom is -0.333 e. The number of nitrogens with one attached hydrogen (secondary N) is 1. The molecule has 0 radical (unpaired) electrons. The highest BCUT2D eigenvalue weighted by molar-refractivity contribution is 6.33. The molecule has 1 heterocycles. The van der Waals surface area contributed by atoms with Crippen molar-refractivity contribution in [1.82, 2.24) is 9.97 Å². The number of benzene rings is 1. The van der Waals surface area contributed by atoms with E-state index in [1.165, 1.54) is 0 Å². The maximum atomic E-state index is 11.0. The van der Waals surface area contributed by atoms with Gasteiger partial charge in [0, 0.05) is 0 Å². The lowest BCUT2D eigenvalue weighted by Gasteiger charge is -2.08. The van der Waals surface area contributed by atoms with Crippen LogP contribution < -0.4 is 5.32 Å². The second-order valence-electron chi connectivity index (χ2n) is 3.73. The van der Waals surface area contributed by atoms with Gasteiger partial charge in [-0.1, -0.05) is 29.3 Å². The normalized spacial score (nSPS) is 10.3. The van der Waals surface area contributed by atoms with Crippen LogP contribution in [0, 0.1) is 17.0 Å². The Bertz CT molecular complexity index is 649. The number of hydrogen-bond donors (Lipinski definition) is 1. The van der Waals surface area contributed by atoms with E-state index in [1.807, 2.05) is 13.0 Å². The van der Waals surface area contributed by atoms with Crippen molar-refractivity contribution in [2.24, 2.45) is 0 Å². The summed E-state index contributed by atoms with van der Waals surface area (Å²) in [6.45, 7) is 1.88. The summed E-state index contributed by atoms with van der Waals surface area (Å²) in [6, 6.07) is 5.27. The molecule has 0 spiro atoms. The van der Waals surface area contributed by atoms with Crippen LogP contribution in [0.3, 0.4) is 0 Å². The van der Waals surface area contributed by atoms with Gasteiger partial charge in [-0.3, -0.25) is 10.1 Å². The molecule has 0 aliphatic carbocycles. The molecule has 98 valence electrons. The lowest BCUT2D eigenvalue weighted by Crippen LogP contribution is -2.02. The molecule has 2 rings (SSSR count). The second kappa shape index (κ2) is 5.38. The molecular weight excluding hydrogens is 291 g/mol. The molecule has 0 unspecified atom stereocenters. The van der Waals surface area contributed by atoms with Gasteiger partial charge in [0.25, 0.3) is 0 Å². The predicted octanol–water partition coefficient (Wildman–Crippen LogP) is 3.74. The molecule has 1 N–H and O–H groups in total. The molecular formula is C11H8Cl2N4O2. The summed E-state index contributed by atoms with van der Waals surface area (Å²) in [5, 5.41) is 13.9. The van der Waals surface area contributed by atoms with Crippen LogP contribution in [0.2, 0.25) is 10.2 Å². The number of rotatable bonds is 3. The molecule has 6 nitrogen and oxygen atoms in total. The highest BCUT2D eigenvalue weighted by atomic mass is 35.5. The molecule has 1 aromatic heterocycles. The molecule has 0 atom stereocenters. The van der Waals surface area contributed by atoms with Crippen LogP contribution in [-0.2, 0) is 0 Å². The third kappa shape index (κ3) is 2.91. The molecule has 8 heteroatoms. The summed E-state index contributed by atoms with van der Waals surface area (Å²) in [4.78, 5) is 17.7. The number of nitro groups is 1. The van der Waals surface area contributed by atoms with Crippen molar-refractivity contribution in [3.05, 3.63) is 50.4 Å². The van der Waals surface area contributed by atoms with E-state index in [2.05, 4.69) is 15.3 Å². The van der Waals surface area contributed by atoms with Crippen LogP contribution in [0.5, 0.6) is 0 Å². The van der Waals surface area contributed by atoms with Gasteiger partial charge in [0.1, 0.15) is 6.33 Å². The maximum absolute atomic E-state index is 11.0. The van der Waals surface area contributed by atoms with Crippen LogP contribution in [0.15, 0.2) is 24.5 Å². The summed E-state index contributed by atoms with van der Waals surface area (Å²) in [7, 11) is 0. The van der Waals surface area contributed by atoms with Crippen LogP contribution in [0.25, 0.3) is 0 Å². The van der Waals surface area contributed by atoms with Gasteiger partial charge in [0.15, 0.2) is 0 Å². The minimum atomic E-state index is -0.644. The van der Waals surface area contributed by atoms with Gasteiger partial charge >= 0.3 is 5.69 Å². The molecule has 1 aromatic carbocycles.